The Morgan fingerprint density at radius 3 is 3.00 bits per heavy atom. The van der Waals surface area contributed by atoms with Gasteiger partial charge in [0.1, 0.15) is 0 Å². The largest absolute Gasteiger partial charge is 0.493 e. The van der Waals surface area contributed by atoms with Crippen LogP contribution in [-0.2, 0) is 12.8 Å². The molecule has 0 unspecified atom stereocenters. The van der Waals surface area contributed by atoms with E-state index in [0.717, 1.165) is 29.7 Å². The van der Waals surface area contributed by atoms with Crippen molar-refractivity contribution in [3.05, 3.63) is 45.1 Å². The number of aryl methyl sites for hydroxylation is 1. The van der Waals surface area contributed by atoms with Crippen LogP contribution >= 0.6 is 11.3 Å². The minimum Gasteiger partial charge on any atom is -0.493 e. The zero-order valence-corrected chi connectivity index (χ0v) is 16.9. The van der Waals surface area contributed by atoms with Crippen LogP contribution in [0.5, 0.6) is 11.5 Å². The van der Waals surface area contributed by atoms with Gasteiger partial charge in [0.05, 0.1) is 24.8 Å². The fourth-order valence-corrected chi connectivity index (χ4v) is 4.23. The minimum atomic E-state index is -0.159. The third-order valence-corrected chi connectivity index (χ3v) is 5.82. The summed E-state index contributed by atoms with van der Waals surface area (Å²) in [6.45, 7) is 4.96. The third-order valence-electron chi connectivity index (χ3n) is 4.58. The van der Waals surface area contributed by atoms with Crippen LogP contribution in [0.15, 0.2) is 29.4 Å². The van der Waals surface area contributed by atoms with Gasteiger partial charge in [-0.15, -0.1) is 11.3 Å². The Morgan fingerprint density at radius 2 is 2.22 bits per heavy atom. The first kappa shape index (κ1) is 19.4. The summed E-state index contributed by atoms with van der Waals surface area (Å²) >= 11 is 1.58. The number of nitrogens with zero attached hydrogens (tertiary/aromatic N) is 1. The number of methoxy groups -OCH3 is 1. The van der Waals surface area contributed by atoms with Crippen molar-refractivity contribution in [2.45, 2.75) is 39.5 Å². The summed E-state index contributed by atoms with van der Waals surface area (Å²) < 4.78 is 11.0. The van der Waals surface area contributed by atoms with Gasteiger partial charge in [0.2, 0.25) is 0 Å². The molecule has 2 aromatic rings. The molecule has 0 bridgehead atoms. The van der Waals surface area contributed by atoms with E-state index < -0.39 is 0 Å². The molecule has 27 heavy (non-hydrogen) atoms. The van der Waals surface area contributed by atoms with Crippen molar-refractivity contribution >= 4 is 23.5 Å². The van der Waals surface area contributed by atoms with Crippen LogP contribution in [0.4, 0.5) is 0 Å². The van der Waals surface area contributed by atoms with Crippen LogP contribution in [0.1, 0.15) is 52.4 Å². The lowest BCUT2D eigenvalue weighted by Crippen LogP contribution is -2.16. The molecule has 0 aliphatic heterocycles. The molecule has 1 aliphatic rings. The summed E-state index contributed by atoms with van der Waals surface area (Å²) in [5, 5.41) is 4.09. The molecular weight excluding hydrogens is 360 g/mol. The SMILES string of the molecule is CCCOc1ccc(/C=N\NC(=O)c2cc3c(s2)CC[C@@H](C)C3)cc1OC. The van der Waals surface area contributed by atoms with E-state index in [1.807, 2.05) is 24.3 Å². The molecule has 1 atom stereocenters. The highest BCUT2D eigenvalue weighted by atomic mass is 32.1. The Kier molecular flexibility index (Phi) is 6.50. The lowest BCUT2D eigenvalue weighted by atomic mass is 9.90. The summed E-state index contributed by atoms with van der Waals surface area (Å²) in [6, 6.07) is 7.59. The van der Waals surface area contributed by atoms with Crippen molar-refractivity contribution < 1.29 is 14.3 Å². The molecule has 0 spiro atoms. The van der Waals surface area contributed by atoms with E-state index in [9.17, 15) is 4.79 Å². The van der Waals surface area contributed by atoms with Crippen molar-refractivity contribution in [2.24, 2.45) is 11.0 Å². The van der Waals surface area contributed by atoms with Crippen molar-refractivity contribution in [2.75, 3.05) is 13.7 Å². The quantitative estimate of drug-likeness (QED) is 0.565. The second-order valence-corrected chi connectivity index (χ2v) is 8.00. The maximum absolute atomic E-state index is 12.4. The van der Waals surface area contributed by atoms with Gasteiger partial charge in [-0.05, 0) is 67.0 Å². The van der Waals surface area contributed by atoms with Crippen molar-refractivity contribution in [3.63, 3.8) is 0 Å². The molecule has 0 fully saturated rings. The molecule has 1 aromatic carbocycles. The number of fused-ring (bicyclic) bond motifs is 1. The lowest BCUT2D eigenvalue weighted by molar-refractivity contribution is 0.0959. The number of amides is 1. The molecule has 1 N–H and O–H groups in total. The van der Waals surface area contributed by atoms with Gasteiger partial charge in [0.25, 0.3) is 5.91 Å². The zero-order chi connectivity index (χ0) is 19.2. The number of ether oxygens (including phenoxy) is 2. The maximum Gasteiger partial charge on any atom is 0.281 e. The Bertz CT molecular complexity index is 829. The average molecular weight is 387 g/mol. The number of carbonyl (C=O) groups excluding carboxylic acids is 1. The number of hydrogen-bond acceptors (Lipinski definition) is 5. The van der Waals surface area contributed by atoms with Gasteiger partial charge in [-0.3, -0.25) is 4.79 Å². The molecule has 0 saturated carbocycles. The van der Waals surface area contributed by atoms with E-state index >= 15 is 0 Å². The maximum atomic E-state index is 12.4. The predicted octanol–water partition coefficient (Wildman–Crippen LogP) is 4.43. The number of thiophene rings is 1. The molecule has 1 aliphatic carbocycles. The number of carbonyl (C=O) groups is 1. The minimum absolute atomic E-state index is 0.159. The summed E-state index contributed by atoms with van der Waals surface area (Å²) in [4.78, 5) is 14.4. The monoisotopic (exact) mass is 386 g/mol. The van der Waals surface area contributed by atoms with Gasteiger partial charge in [0, 0.05) is 4.88 Å². The third kappa shape index (κ3) is 4.89. The van der Waals surface area contributed by atoms with E-state index in [1.165, 1.54) is 16.9 Å². The average Bonchev–Trinajstić information content (AvgIpc) is 3.10. The standard InChI is InChI=1S/C21H26N2O3S/c1-4-9-26-17-7-6-15(11-18(17)25-3)13-22-23-21(24)20-12-16-10-14(2)5-8-19(16)27-20/h6-7,11-14H,4-5,8-10H2,1-3H3,(H,23,24)/b22-13-/t14-/m1/s1. The van der Waals surface area contributed by atoms with Crippen LogP contribution in [-0.4, -0.2) is 25.8 Å². The summed E-state index contributed by atoms with van der Waals surface area (Å²) in [6.07, 6.45) is 5.88. The lowest BCUT2D eigenvalue weighted by Gasteiger charge is -2.16. The summed E-state index contributed by atoms with van der Waals surface area (Å²) in [5.74, 6) is 1.89. The number of hydrazone groups is 1. The van der Waals surface area contributed by atoms with Crippen LogP contribution in [0.25, 0.3) is 0 Å². The van der Waals surface area contributed by atoms with Gasteiger partial charge in [0.15, 0.2) is 11.5 Å². The summed E-state index contributed by atoms with van der Waals surface area (Å²) in [5.41, 5.74) is 4.77. The normalized spacial score (nSPS) is 16.2. The Morgan fingerprint density at radius 1 is 1.37 bits per heavy atom. The topological polar surface area (TPSA) is 59.9 Å². The van der Waals surface area contributed by atoms with Crippen LogP contribution in [0.2, 0.25) is 0 Å². The molecule has 1 amide bonds. The second-order valence-electron chi connectivity index (χ2n) is 6.86. The van der Waals surface area contributed by atoms with E-state index in [-0.39, 0.29) is 5.91 Å². The first-order valence-corrected chi connectivity index (χ1v) is 10.2. The van der Waals surface area contributed by atoms with Crippen LogP contribution in [0.3, 0.4) is 0 Å². The van der Waals surface area contributed by atoms with Crippen LogP contribution < -0.4 is 14.9 Å². The number of rotatable bonds is 7. The number of hydrogen-bond donors (Lipinski definition) is 1. The Labute approximate surface area is 164 Å². The van der Waals surface area contributed by atoms with Gasteiger partial charge in [-0.2, -0.15) is 5.10 Å². The van der Waals surface area contributed by atoms with Crippen molar-refractivity contribution in [1.82, 2.24) is 5.43 Å². The highest BCUT2D eigenvalue weighted by molar-refractivity contribution is 7.14. The fraction of sp³-hybridized carbons (Fsp3) is 0.429. The predicted molar refractivity (Wildman–Crippen MR) is 109 cm³/mol. The molecule has 1 aromatic heterocycles. The Balaban J connectivity index is 1.62. The number of benzene rings is 1. The molecule has 0 saturated heterocycles. The molecule has 144 valence electrons. The molecule has 5 nitrogen and oxygen atoms in total. The van der Waals surface area contributed by atoms with Crippen molar-refractivity contribution in [1.29, 1.82) is 0 Å². The highest BCUT2D eigenvalue weighted by Gasteiger charge is 2.20. The van der Waals surface area contributed by atoms with Gasteiger partial charge < -0.3 is 9.47 Å². The summed E-state index contributed by atoms with van der Waals surface area (Å²) in [7, 11) is 1.61. The Hall–Kier alpha value is -2.34. The van der Waals surface area contributed by atoms with E-state index in [1.54, 1.807) is 24.7 Å². The molecule has 3 rings (SSSR count). The van der Waals surface area contributed by atoms with E-state index in [2.05, 4.69) is 24.4 Å². The van der Waals surface area contributed by atoms with E-state index in [0.29, 0.717) is 24.0 Å². The zero-order valence-electron chi connectivity index (χ0n) is 16.1. The molecule has 1 heterocycles. The highest BCUT2D eigenvalue weighted by Crippen LogP contribution is 2.32. The van der Waals surface area contributed by atoms with Crippen LogP contribution in [0, 0.1) is 5.92 Å². The van der Waals surface area contributed by atoms with Gasteiger partial charge in [-0.25, -0.2) is 5.43 Å². The molecule has 6 heteroatoms. The second kappa shape index (κ2) is 9.04. The number of nitrogens with one attached hydrogen (secondary N) is 1. The molecular formula is C21H26N2O3S. The molecule has 0 radical (unpaired) electrons. The smallest absolute Gasteiger partial charge is 0.281 e. The van der Waals surface area contributed by atoms with E-state index in [4.69, 9.17) is 9.47 Å². The van der Waals surface area contributed by atoms with Gasteiger partial charge >= 0.3 is 0 Å². The fourth-order valence-electron chi connectivity index (χ4n) is 3.13. The van der Waals surface area contributed by atoms with Crippen molar-refractivity contribution in [3.8, 4) is 11.5 Å². The first-order valence-electron chi connectivity index (χ1n) is 9.36. The van der Waals surface area contributed by atoms with Gasteiger partial charge in [-0.1, -0.05) is 13.8 Å². The first-order chi connectivity index (χ1) is 13.1.